The summed E-state index contributed by atoms with van der Waals surface area (Å²) in [5, 5.41) is 9.28. The number of carbonyl (C=O) groups is 1. The van der Waals surface area contributed by atoms with E-state index in [1.165, 1.54) is 4.88 Å². The lowest BCUT2D eigenvalue weighted by Gasteiger charge is -2.04. The summed E-state index contributed by atoms with van der Waals surface area (Å²) in [6.45, 7) is 2.00. The van der Waals surface area contributed by atoms with E-state index in [0.717, 1.165) is 22.8 Å². The zero-order chi connectivity index (χ0) is 13.8. The van der Waals surface area contributed by atoms with Crippen LogP contribution < -0.4 is 0 Å². The van der Waals surface area contributed by atoms with Crippen LogP contribution >= 0.6 is 34.7 Å². The number of hydrogen-bond donors (Lipinski definition) is 1. The maximum Gasteiger partial charge on any atom is 0.337 e. The molecule has 6 heteroatoms. The van der Waals surface area contributed by atoms with Crippen molar-refractivity contribution in [2.24, 2.45) is 0 Å². The maximum absolute atomic E-state index is 11.0. The molecule has 19 heavy (non-hydrogen) atoms. The highest BCUT2D eigenvalue weighted by atomic mass is 35.5. The molecule has 2 rings (SSSR count). The first-order chi connectivity index (χ1) is 9.08. The summed E-state index contributed by atoms with van der Waals surface area (Å²) < 4.78 is 0. The third-order valence-corrected chi connectivity index (χ3v) is 4.93. The molecule has 0 aliphatic rings. The molecule has 0 saturated carbocycles. The molecule has 0 atom stereocenters. The molecule has 0 aliphatic carbocycles. The molecule has 0 fully saturated rings. The first-order valence-corrected chi connectivity index (χ1v) is 7.87. The Kier molecular flexibility index (Phi) is 4.85. The number of benzene rings is 1. The van der Waals surface area contributed by atoms with Gasteiger partial charge in [-0.1, -0.05) is 11.6 Å². The van der Waals surface area contributed by atoms with Gasteiger partial charge in [-0.2, -0.15) is 0 Å². The minimum atomic E-state index is -0.995. The van der Waals surface area contributed by atoms with E-state index in [-0.39, 0.29) is 10.6 Å². The van der Waals surface area contributed by atoms with Gasteiger partial charge in [0.1, 0.15) is 0 Å². The third kappa shape index (κ3) is 3.72. The van der Waals surface area contributed by atoms with Crippen LogP contribution in [0.25, 0.3) is 0 Å². The lowest BCUT2D eigenvalue weighted by Crippen LogP contribution is -1.97. The molecular formula is C13H12ClNO2S2. The van der Waals surface area contributed by atoms with Gasteiger partial charge in [-0.15, -0.1) is 23.1 Å². The molecule has 0 spiro atoms. The van der Waals surface area contributed by atoms with E-state index in [2.05, 4.69) is 4.98 Å². The lowest BCUT2D eigenvalue weighted by atomic mass is 10.2. The van der Waals surface area contributed by atoms with Gasteiger partial charge in [0.05, 0.1) is 21.8 Å². The molecule has 1 heterocycles. The van der Waals surface area contributed by atoms with Crippen LogP contribution in [0.3, 0.4) is 0 Å². The van der Waals surface area contributed by atoms with Crippen LogP contribution in [0.15, 0.2) is 28.6 Å². The molecular weight excluding hydrogens is 302 g/mol. The van der Waals surface area contributed by atoms with Gasteiger partial charge in [0.15, 0.2) is 0 Å². The Hall–Kier alpha value is -1.04. The Bertz CT molecular complexity index is 598. The van der Waals surface area contributed by atoms with Crippen LogP contribution in [-0.4, -0.2) is 21.8 Å². The normalized spacial score (nSPS) is 10.6. The first kappa shape index (κ1) is 14.4. The molecule has 0 saturated heterocycles. The van der Waals surface area contributed by atoms with E-state index >= 15 is 0 Å². The average Bonchev–Trinajstić information content (AvgIpc) is 2.77. The fraction of sp³-hybridized carbons (Fsp3) is 0.231. The van der Waals surface area contributed by atoms with Crippen molar-refractivity contribution in [3.05, 3.63) is 44.9 Å². The molecule has 100 valence electrons. The topological polar surface area (TPSA) is 50.2 Å². The molecule has 0 radical (unpaired) electrons. The van der Waals surface area contributed by atoms with Gasteiger partial charge in [-0.25, -0.2) is 9.78 Å². The number of thioether (sulfide) groups is 1. The fourth-order valence-corrected chi connectivity index (χ4v) is 3.60. The summed E-state index contributed by atoms with van der Waals surface area (Å²) in [6, 6.07) is 5.10. The number of halogens is 1. The first-order valence-electron chi connectivity index (χ1n) is 5.62. The van der Waals surface area contributed by atoms with Gasteiger partial charge in [0, 0.05) is 15.5 Å². The number of aromatic nitrogens is 1. The van der Waals surface area contributed by atoms with Crippen molar-refractivity contribution in [3.8, 4) is 0 Å². The predicted octanol–water partition coefficient (Wildman–Crippen LogP) is 4.14. The monoisotopic (exact) mass is 313 g/mol. The van der Waals surface area contributed by atoms with Crippen LogP contribution in [-0.2, 0) is 6.42 Å². The van der Waals surface area contributed by atoms with E-state index in [1.54, 1.807) is 35.2 Å². The summed E-state index contributed by atoms with van der Waals surface area (Å²) in [6.07, 6.45) is 0.937. The molecule has 0 bridgehead atoms. The fourth-order valence-electron chi connectivity index (χ4n) is 1.59. The highest BCUT2D eigenvalue weighted by Crippen LogP contribution is 2.26. The third-order valence-electron chi connectivity index (χ3n) is 2.61. The Morgan fingerprint density at radius 3 is 2.95 bits per heavy atom. The van der Waals surface area contributed by atoms with Gasteiger partial charge in [0.25, 0.3) is 0 Å². The van der Waals surface area contributed by atoms with Gasteiger partial charge in [-0.3, -0.25) is 0 Å². The Labute approximate surface area is 124 Å². The number of carboxylic acid groups (broad SMARTS) is 1. The van der Waals surface area contributed by atoms with Crippen LogP contribution in [0.5, 0.6) is 0 Å². The number of carboxylic acids is 1. The van der Waals surface area contributed by atoms with Crippen molar-refractivity contribution in [2.75, 3.05) is 5.75 Å². The van der Waals surface area contributed by atoms with Crippen molar-refractivity contribution in [1.82, 2.24) is 4.98 Å². The van der Waals surface area contributed by atoms with Crippen LogP contribution in [0.1, 0.15) is 20.9 Å². The quantitative estimate of drug-likeness (QED) is 0.843. The van der Waals surface area contributed by atoms with Gasteiger partial charge in [0.2, 0.25) is 0 Å². The second-order valence-corrected chi connectivity index (χ2v) is 6.42. The minimum absolute atomic E-state index is 0.153. The van der Waals surface area contributed by atoms with Gasteiger partial charge in [-0.05, 0) is 31.5 Å². The lowest BCUT2D eigenvalue weighted by molar-refractivity contribution is 0.0697. The Morgan fingerprint density at radius 1 is 1.53 bits per heavy atom. The van der Waals surface area contributed by atoms with Crippen molar-refractivity contribution in [1.29, 1.82) is 0 Å². The predicted molar refractivity (Wildman–Crippen MR) is 79.7 cm³/mol. The molecule has 0 unspecified atom stereocenters. The van der Waals surface area contributed by atoms with Crippen molar-refractivity contribution in [3.63, 3.8) is 0 Å². The number of aromatic carboxylic acids is 1. The van der Waals surface area contributed by atoms with E-state index in [4.69, 9.17) is 16.7 Å². The molecule has 1 aromatic carbocycles. The summed E-state index contributed by atoms with van der Waals surface area (Å²) in [5.41, 5.74) is 3.08. The second-order valence-electron chi connectivity index (χ2n) is 3.91. The smallest absolute Gasteiger partial charge is 0.337 e. The molecule has 3 nitrogen and oxygen atoms in total. The molecule has 0 aliphatic heterocycles. The average molecular weight is 314 g/mol. The van der Waals surface area contributed by atoms with E-state index in [9.17, 15) is 4.79 Å². The SMILES string of the molecule is Cc1ncsc1CCSc1ccc(Cl)c(C(=O)O)c1. The highest BCUT2D eigenvalue weighted by Gasteiger charge is 2.09. The summed E-state index contributed by atoms with van der Waals surface area (Å²) >= 11 is 9.11. The standard InChI is InChI=1S/C13H12ClNO2S2/c1-8-12(19-7-15-8)4-5-18-9-2-3-11(14)10(6-9)13(16)17/h2-3,6-7H,4-5H2,1H3,(H,16,17). The summed E-state index contributed by atoms with van der Waals surface area (Å²) in [5.74, 6) is -0.102. The van der Waals surface area contributed by atoms with Crippen LogP contribution in [0.4, 0.5) is 0 Å². The van der Waals surface area contributed by atoms with Crippen molar-refractivity contribution in [2.45, 2.75) is 18.2 Å². The summed E-state index contributed by atoms with van der Waals surface area (Å²) in [7, 11) is 0. The van der Waals surface area contributed by atoms with Crippen molar-refractivity contribution < 1.29 is 9.90 Å². The Morgan fingerprint density at radius 2 is 2.32 bits per heavy atom. The number of thiazole rings is 1. The molecule has 2 aromatic rings. The van der Waals surface area contributed by atoms with Crippen molar-refractivity contribution >= 4 is 40.7 Å². The maximum atomic E-state index is 11.0. The number of nitrogens with zero attached hydrogens (tertiary/aromatic N) is 1. The van der Waals surface area contributed by atoms with E-state index in [1.807, 2.05) is 18.5 Å². The zero-order valence-electron chi connectivity index (χ0n) is 10.2. The number of rotatable bonds is 5. The summed E-state index contributed by atoms with van der Waals surface area (Å²) in [4.78, 5) is 17.4. The molecule has 0 amide bonds. The second kappa shape index (κ2) is 6.41. The van der Waals surface area contributed by atoms with E-state index < -0.39 is 5.97 Å². The number of hydrogen-bond acceptors (Lipinski definition) is 4. The zero-order valence-corrected chi connectivity index (χ0v) is 12.6. The minimum Gasteiger partial charge on any atom is -0.478 e. The Balaban J connectivity index is 1.98. The molecule has 1 aromatic heterocycles. The van der Waals surface area contributed by atoms with Gasteiger partial charge >= 0.3 is 5.97 Å². The van der Waals surface area contributed by atoms with Crippen LogP contribution in [0, 0.1) is 6.92 Å². The van der Waals surface area contributed by atoms with E-state index in [0.29, 0.717) is 0 Å². The highest BCUT2D eigenvalue weighted by molar-refractivity contribution is 7.99. The largest absolute Gasteiger partial charge is 0.478 e. The number of aryl methyl sites for hydroxylation is 2. The molecule has 1 N–H and O–H groups in total. The van der Waals surface area contributed by atoms with Crippen LogP contribution in [0.2, 0.25) is 5.02 Å². The van der Waals surface area contributed by atoms with Gasteiger partial charge < -0.3 is 5.11 Å².